The molecule has 7 heteroatoms. The summed E-state index contributed by atoms with van der Waals surface area (Å²) in [5.74, 6) is 0.628. The number of rotatable bonds is 4. The molecule has 1 unspecified atom stereocenters. The minimum atomic E-state index is -0.136. The van der Waals surface area contributed by atoms with Crippen LogP contribution in [0.25, 0.3) is 0 Å². The Labute approximate surface area is 138 Å². The Morgan fingerprint density at radius 3 is 3.04 bits per heavy atom. The van der Waals surface area contributed by atoms with Crippen LogP contribution in [0.3, 0.4) is 0 Å². The van der Waals surface area contributed by atoms with Gasteiger partial charge in [-0.15, -0.1) is 0 Å². The Bertz CT molecular complexity index is 789. The molecule has 1 aliphatic rings. The zero-order valence-electron chi connectivity index (χ0n) is 13.1. The molecule has 1 N–H and O–H groups in total. The van der Waals surface area contributed by atoms with Gasteiger partial charge < -0.3 is 5.32 Å². The second-order valence-electron chi connectivity index (χ2n) is 5.59. The van der Waals surface area contributed by atoms with Gasteiger partial charge in [0.1, 0.15) is 0 Å². The number of pyridine rings is 1. The first-order valence-electron chi connectivity index (χ1n) is 7.44. The molecule has 3 rings (SSSR count). The van der Waals surface area contributed by atoms with Crippen LogP contribution in [0.15, 0.2) is 34.5 Å². The average molecular weight is 330 g/mol. The molecule has 1 amide bonds. The highest BCUT2D eigenvalue weighted by Crippen LogP contribution is 2.32. The zero-order chi connectivity index (χ0) is 16.4. The lowest BCUT2D eigenvalue weighted by molar-refractivity contribution is -0.121. The molecule has 0 aromatic carbocycles. The van der Waals surface area contributed by atoms with E-state index in [1.807, 2.05) is 19.1 Å². The Morgan fingerprint density at radius 1 is 1.48 bits per heavy atom. The number of hydrogen-bond donors (Lipinski definition) is 1. The fourth-order valence-electron chi connectivity index (χ4n) is 2.51. The van der Waals surface area contributed by atoms with Gasteiger partial charge in [0.2, 0.25) is 5.91 Å². The van der Waals surface area contributed by atoms with Crippen molar-refractivity contribution in [3.63, 3.8) is 0 Å². The van der Waals surface area contributed by atoms with Crippen LogP contribution in [0, 0.1) is 13.8 Å². The predicted molar refractivity (Wildman–Crippen MR) is 88.4 cm³/mol. The molecule has 0 spiro atoms. The normalized spacial score (nSPS) is 16.2. The number of nitrogens with zero attached hydrogens (tertiary/aromatic N) is 3. The minimum absolute atomic E-state index is 0.0393. The van der Waals surface area contributed by atoms with Crippen molar-refractivity contribution in [2.45, 2.75) is 38.0 Å². The Balaban J connectivity index is 1.68. The fraction of sp³-hybridized carbons (Fsp3) is 0.375. The molecule has 0 saturated heterocycles. The summed E-state index contributed by atoms with van der Waals surface area (Å²) in [4.78, 5) is 33.1. The van der Waals surface area contributed by atoms with Gasteiger partial charge >= 0.3 is 0 Å². The van der Waals surface area contributed by atoms with E-state index in [1.165, 1.54) is 11.8 Å². The van der Waals surface area contributed by atoms with Gasteiger partial charge in [0, 0.05) is 42.4 Å². The van der Waals surface area contributed by atoms with Crippen molar-refractivity contribution in [2.75, 3.05) is 5.75 Å². The lowest BCUT2D eigenvalue weighted by Crippen LogP contribution is -2.31. The smallest absolute Gasteiger partial charge is 0.257 e. The Morgan fingerprint density at radius 2 is 2.30 bits per heavy atom. The Kier molecular flexibility index (Phi) is 4.47. The van der Waals surface area contributed by atoms with Gasteiger partial charge in [0.05, 0.1) is 6.04 Å². The van der Waals surface area contributed by atoms with Crippen molar-refractivity contribution >= 4 is 17.7 Å². The first-order chi connectivity index (χ1) is 11.1. The number of aryl methyl sites for hydroxylation is 1. The molecule has 1 aliphatic heterocycles. The number of amides is 1. The highest BCUT2D eigenvalue weighted by molar-refractivity contribution is 7.99. The second-order valence-corrected chi connectivity index (χ2v) is 6.57. The van der Waals surface area contributed by atoms with Crippen molar-refractivity contribution in [3.8, 4) is 0 Å². The number of fused-ring (bicyclic) bond motifs is 1. The maximum Gasteiger partial charge on any atom is 0.257 e. The summed E-state index contributed by atoms with van der Waals surface area (Å²) in [7, 11) is 0. The standard InChI is InChI=1S/C16H18N4O2S/c1-10-11(2)19-16-20(15(10)22)13(9-23-16)6-14(21)18-8-12-4-3-5-17-7-12/h3-5,7,13H,6,8-9H2,1-2H3,(H,18,21). The van der Waals surface area contributed by atoms with Crippen LogP contribution in [0.2, 0.25) is 0 Å². The van der Waals surface area contributed by atoms with Gasteiger partial charge in [-0.1, -0.05) is 17.8 Å². The van der Waals surface area contributed by atoms with Gasteiger partial charge in [0.15, 0.2) is 5.16 Å². The lowest BCUT2D eigenvalue weighted by Gasteiger charge is -2.14. The van der Waals surface area contributed by atoms with Gasteiger partial charge in [-0.2, -0.15) is 0 Å². The minimum Gasteiger partial charge on any atom is -0.352 e. The number of thioether (sulfide) groups is 1. The van der Waals surface area contributed by atoms with Crippen LogP contribution >= 0.6 is 11.8 Å². The monoisotopic (exact) mass is 330 g/mol. The van der Waals surface area contributed by atoms with Crippen LogP contribution < -0.4 is 10.9 Å². The summed E-state index contributed by atoms with van der Waals surface area (Å²) in [5.41, 5.74) is 2.32. The van der Waals surface area contributed by atoms with E-state index in [-0.39, 0.29) is 23.9 Å². The van der Waals surface area contributed by atoms with Crippen molar-refractivity contribution in [1.82, 2.24) is 19.9 Å². The molecule has 120 valence electrons. The van der Waals surface area contributed by atoms with Gasteiger partial charge in [-0.05, 0) is 25.5 Å². The quantitative estimate of drug-likeness (QED) is 0.862. The number of hydrogen-bond acceptors (Lipinski definition) is 5. The molecule has 6 nitrogen and oxygen atoms in total. The molecule has 0 aliphatic carbocycles. The van der Waals surface area contributed by atoms with Crippen LogP contribution in [0.4, 0.5) is 0 Å². The predicted octanol–water partition coefficient (Wildman–Crippen LogP) is 1.61. The van der Waals surface area contributed by atoms with E-state index in [0.29, 0.717) is 23.0 Å². The molecular formula is C16H18N4O2S. The highest BCUT2D eigenvalue weighted by Gasteiger charge is 2.28. The van der Waals surface area contributed by atoms with Gasteiger partial charge in [0.25, 0.3) is 5.56 Å². The maximum atomic E-state index is 12.4. The molecule has 1 atom stereocenters. The van der Waals surface area contributed by atoms with E-state index in [4.69, 9.17) is 0 Å². The summed E-state index contributed by atoms with van der Waals surface area (Å²) in [6, 6.07) is 3.61. The molecule has 0 fully saturated rings. The van der Waals surface area contributed by atoms with E-state index in [9.17, 15) is 9.59 Å². The summed E-state index contributed by atoms with van der Waals surface area (Å²) >= 11 is 1.53. The lowest BCUT2D eigenvalue weighted by atomic mass is 10.2. The van der Waals surface area contributed by atoms with E-state index in [0.717, 1.165) is 11.3 Å². The van der Waals surface area contributed by atoms with Crippen LogP contribution in [-0.4, -0.2) is 26.2 Å². The number of nitrogens with one attached hydrogen (secondary N) is 1. The van der Waals surface area contributed by atoms with Crippen molar-refractivity contribution in [1.29, 1.82) is 0 Å². The van der Waals surface area contributed by atoms with Crippen LogP contribution in [0.5, 0.6) is 0 Å². The number of carbonyl (C=O) groups is 1. The third-order valence-corrected chi connectivity index (χ3v) is 5.05. The van der Waals surface area contributed by atoms with Gasteiger partial charge in [-0.25, -0.2) is 4.98 Å². The largest absolute Gasteiger partial charge is 0.352 e. The highest BCUT2D eigenvalue weighted by atomic mass is 32.2. The zero-order valence-corrected chi connectivity index (χ0v) is 13.9. The SMILES string of the molecule is Cc1nc2n(c(=O)c1C)C(CC(=O)NCc1cccnc1)CS2. The Hall–Kier alpha value is -2.15. The van der Waals surface area contributed by atoms with Gasteiger partial charge in [-0.3, -0.25) is 19.1 Å². The van der Waals surface area contributed by atoms with Crippen LogP contribution in [-0.2, 0) is 11.3 Å². The third-order valence-electron chi connectivity index (χ3n) is 3.96. The summed E-state index contributed by atoms with van der Waals surface area (Å²) in [5, 5.41) is 3.59. The summed E-state index contributed by atoms with van der Waals surface area (Å²) in [6.07, 6.45) is 3.70. The molecule has 3 heterocycles. The van der Waals surface area contributed by atoms with E-state index in [1.54, 1.807) is 23.9 Å². The molecule has 0 bridgehead atoms. The molecule has 23 heavy (non-hydrogen) atoms. The van der Waals surface area contributed by atoms with Crippen molar-refractivity contribution in [3.05, 3.63) is 51.7 Å². The van der Waals surface area contributed by atoms with E-state index in [2.05, 4.69) is 15.3 Å². The first kappa shape index (κ1) is 15.7. The van der Waals surface area contributed by atoms with E-state index >= 15 is 0 Å². The molecule has 0 radical (unpaired) electrons. The van der Waals surface area contributed by atoms with Crippen molar-refractivity contribution < 1.29 is 4.79 Å². The van der Waals surface area contributed by atoms with Crippen molar-refractivity contribution in [2.24, 2.45) is 0 Å². The van der Waals surface area contributed by atoms with E-state index < -0.39 is 0 Å². The maximum absolute atomic E-state index is 12.4. The summed E-state index contributed by atoms with van der Waals surface area (Å²) in [6.45, 7) is 4.06. The topological polar surface area (TPSA) is 76.9 Å². The molecular weight excluding hydrogens is 312 g/mol. The number of carbonyl (C=O) groups excluding carboxylic acids is 1. The summed E-state index contributed by atoms with van der Waals surface area (Å²) < 4.78 is 1.66. The molecule has 2 aromatic rings. The fourth-order valence-corrected chi connectivity index (χ4v) is 3.69. The molecule has 2 aromatic heterocycles. The average Bonchev–Trinajstić information content (AvgIpc) is 2.94. The number of aromatic nitrogens is 3. The first-order valence-corrected chi connectivity index (χ1v) is 8.43. The second kappa shape index (κ2) is 6.54. The third kappa shape index (κ3) is 3.29. The van der Waals surface area contributed by atoms with Crippen LogP contribution in [0.1, 0.15) is 29.3 Å². The molecule has 0 saturated carbocycles.